The summed E-state index contributed by atoms with van der Waals surface area (Å²) in [5.74, 6) is 0. The molecule has 0 radical (unpaired) electrons. The van der Waals surface area contributed by atoms with Gasteiger partial charge in [-0.1, -0.05) is 0 Å². The average Bonchev–Trinajstić information content (AvgIpc) is 2.17. The highest BCUT2D eigenvalue weighted by Crippen LogP contribution is 2.17. The van der Waals surface area contributed by atoms with Gasteiger partial charge < -0.3 is 0 Å². The Hall–Kier alpha value is -2.24. The molecule has 1 rings (SSSR count). The molecule has 0 aliphatic rings. The largest absolute Gasteiger partial charge is 0.269 e. The van der Waals surface area contributed by atoms with Crippen molar-refractivity contribution < 1.29 is 9.85 Å². The second-order valence-corrected chi connectivity index (χ2v) is 2.90. The molecule has 0 amide bonds. The lowest BCUT2D eigenvalue weighted by molar-refractivity contribution is -0.401. The second kappa shape index (κ2) is 4.32. The van der Waals surface area contributed by atoms with Crippen molar-refractivity contribution in [1.82, 2.24) is 0 Å². The van der Waals surface area contributed by atoms with Crippen molar-refractivity contribution >= 4 is 11.3 Å². The highest BCUT2D eigenvalue weighted by Gasteiger charge is 2.06. The van der Waals surface area contributed by atoms with Crippen LogP contribution >= 0.6 is 0 Å². The van der Waals surface area contributed by atoms with Crippen molar-refractivity contribution in [3.05, 3.63) is 56.3 Å². The van der Waals surface area contributed by atoms with Crippen LogP contribution in [0.1, 0.15) is 12.5 Å². The summed E-state index contributed by atoms with van der Waals surface area (Å²) in [6.45, 7) is 1.57. The number of nitrogens with zero attached hydrogens (tertiary/aromatic N) is 2. The van der Waals surface area contributed by atoms with Gasteiger partial charge in [0.1, 0.15) is 0 Å². The van der Waals surface area contributed by atoms with Gasteiger partial charge in [-0.3, -0.25) is 20.2 Å². The molecule has 0 heterocycles. The van der Waals surface area contributed by atoms with E-state index in [1.807, 2.05) is 0 Å². The monoisotopic (exact) mass is 208 g/mol. The SMILES string of the molecule is C/C(=C\[N+](=O)[O-])c1ccc([N+](=O)[O-])cc1. The van der Waals surface area contributed by atoms with E-state index >= 15 is 0 Å². The van der Waals surface area contributed by atoms with E-state index < -0.39 is 9.85 Å². The van der Waals surface area contributed by atoms with E-state index in [1.54, 1.807) is 6.92 Å². The second-order valence-electron chi connectivity index (χ2n) is 2.90. The Labute approximate surface area is 85.1 Å². The first kappa shape index (κ1) is 10.8. The molecule has 0 saturated carbocycles. The third kappa shape index (κ3) is 2.87. The summed E-state index contributed by atoms with van der Waals surface area (Å²) in [5.41, 5.74) is 1.01. The highest BCUT2D eigenvalue weighted by molar-refractivity contribution is 5.63. The first-order valence-electron chi connectivity index (χ1n) is 4.07. The molecule has 0 fully saturated rings. The van der Waals surface area contributed by atoms with E-state index in [2.05, 4.69) is 0 Å². The van der Waals surface area contributed by atoms with E-state index in [1.165, 1.54) is 24.3 Å². The third-order valence-corrected chi connectivity index (χ3v) is 1.83. The summed E-state index contributed by atoms with van der Waals surface area (Å²) in [5, 5.41) is 20.5. The molecule has 0 saturated heterocycles. The van der Waals surface area contributed by atoms with Gasteiger partial charge in [-0.15, -0.1) is 0 Å². The maximum atomic E-state index is 10.3. The molecular formula is C9H8N2O4. The normalized spacial score (nSPS) is 11.1. The summed E-state index contributed by atoms with van der Waals surface area (Å²) in [6, 6.07) is 5.58. The Bertz CT molecular complexity index is 422. The van der Waals surface area contributed by atoms with E-state index in [0.29, 0.717) is 11.1 Å². The Balaban J connectivity index is 2.99. The van der Waals surface area contributed by atoms with Crippen LogP contribution in [-0.4, -0.2) is 9.85 Å². The maximum Gasteiger partial charge on any atom is 0.269 e. The lowest BCUT2D eigenvalue weighted by Gasteiger charge is -1.97. The predicted molar refractivity (Wildman–Crippen MR) is 53.7 cm³/mol. The minimum Gasteiger partial charge on any atom is -0.259 e. The average molecular weight is 208 g/mol. The Morgan fingerprint density at radius 1 is 1.20 bits per heavy atom. The fraction of sp³-hybridized carbons (Fsp3) is 0.111. The van der Waals surface area contributed by atoms with Crippen LogP contribution in [0.3, 0.4) is 0 Å². The number of nitro benzene ring substituents is 1. The molecule has 0 aliphatic carbocycles. The number of benzene rings is 1. The van der Waals surface area contributed by atoms with Crippen molar-refractivity contribution in [1.29, 1.82) is 0 Å². The molecule has 15 heavy (non-hydrogen) atoms. The van der Waals surface area contributed by atoms with E-state index in [4.69, 9.17) is 0 Å². The van der Waals surface area contributed by atoms with E-state index in [9.17, 15) is 20.2 Å². The zero-order valence-electron chi connectivity index (χ0n) is 7.91. The zero-order valence-corrected chi connectivity index (χ0v) is 7.91. The lowest BCUT2D eigenvalue weighted by Crippen LogP contribution is -1.90. The Kier molecular flexibility index (Phi) is 3.12. The molecular weight excluding hydrogens is 200 g/mol. The Morgan fingerprint density at radius 2 is 1.73 bits per heavy atom. The van der Waals surface area contributed by atoms with Crippen LogP contribution in [-0.2, 0) is 0 Å². The molecule has 0 aromatic heterocycles. The van der Waals surface area contributed by atoms with Crippen LogP contribution in [0, 0.1) is 20.2 Å². The lowest BCUT2D eigenvalue weighted by atomic mass is 10.1. The number of hydrogen-bond donors (Lipinski definition) is 0. The van der Waals surface area contributed by atoms with Crippen LogP contribution in [0.15, 0.2) is 30.5 Å². The van der Waals surface area contributed by atoms with Gasteiger partial charge in [-0.25, -0.2) is 0 Å². The summed E-state index contributed by atoms with van der Waals surface area (Å²) < 4.78 is 0. The van der Waals surface area contributed by atoms with Gasteiger partial charge in [0.25, 0.3) is 5.69 Å². The molecule has 6 heteroatoms. The number of non-ortho nitro benzene ring substituents is 1. The molecule has 1 aromatic carbocycles. The molecule has 0 N–H and O–H groups in total. The standard InChI is InChI=1S/C9H8N2O4/c1-7(6-10(12)13)8-2-4-9(5-3-8)11(14)15/h2-6H,1H3/b7-6+. The molecule has 6 nitrogen and oxygen atoms in total. The van der Waals surface area contributed by atoms with Crippen molar-refractivity contribution in [2.75, 3.05) is 0 Å². The number of allylic oxidation sites excluding steroid dienone is 1. The molecule has 0 aliphatic heterocycles. The molecule has 78 valence electrons. The number of hydrogen-bond acceptors (Lipinski definition) is 4. The fourth-order valence-corrected chi connectivity index (χ4v) is 1.08. The smallest absolute Gasteiger partial charge is 0.259 e. The van der Waals surface area contributed by atoms with Gasteiger partial charge in [0.2, 0.25) is 6.20 Å². The van der Waals surface area contributed by atoms with Crippen molar-refractivity contribution in [3.63, 3.8) is 0 Å². The summed E-state index contributed by atoms with van der Waals surface area (Å²) in [4.78, 5) is 19.4. The van der Waals surface area contributed by atoms with Gasteiger partial charge in [0.05, 0.1) is 9.85 Å². The van der Waals surface area contributed by atoms with Crippen molar-refractivity contribution in [2.45, 2.75) is 6.92 Å². The van der Waals surface area contributed by atoms with Crippen LogP contribution in [0.25, 0.3) is 5.57 Å². The summed E-state index contributed by atoms with van der Waals surface area (Å²) >= 11 is 0. The minimum atomic E-state index is -0.559. The quantitative estimate of drug-likeness (QED) is 0.562. The third-order valence-electron chi connectivity index (χ3n) is 1.83. The summed E-state index contributed by atoms with van der Waals surface area (Å²) in [6.07, 6.45) is 0.862. The molecule has 0 spiro atoms. The Morgan fingerprint density at radius 3 is 2.13 bits per heavy atom. The highest BCUT2D eigenvalue weighted by atomic mass is 16.6. The first-order valence-corrected chi connectivity index (χ1v) is 4.07. The van der Waals surface area contributed by atoms with Crippen LogP contribution in [0.5, 0.6) is 0 Å². The summed E-state index contributed by atoms with van der Waals surface area (Å²) in [7, 11) is 0. The van der Waals surface area contributed by atoms with Crippen LogP contribution < -0.4 is 0 Å². The van der Waals surface area contributed by atoms with Crippen molar-refractivity contribution in [3.8, 4) is 0 Å². The topological polar surface area (TPSA) is 86.3 Å². The van der Waals surface area contributed by atoms with E-state index in [0.717, 1.165) is 6.20 Å². The van der Waals surface area contributed by atoms with Gasteiger partial charge in [-0.2, -0.15) is 0 Å². The zero-order chi connectivity index (χ0) is 11.4. The number of rotatable bonds is 3. The maximum absolute atomic E-state index is 10.3. The van der Waals surface area contributed by atoms with Gasteiger partial charge in [0.15, 0.2) is 0 Å². The van der Waals surface area contributed by atoms with Gasteiger partial charge in [-0.05, 0) is 24.6 Å². The van der Waals surface area contributed by atoms with Crippen LogP contribution in [0.2, 0.25) is 0 Å². The van der Waals surface area contributed by atoms with E-state index in [-0.39, 0.29) is 5.69 Å². The number of nitro groups is 2. The fourth-order valence-electron chi connectivity index (χ4n) is 1.08. The minimum absolute atomic E-state index is 0.0346. The molecule has 1 aromatic rings. The molecule has 0 atom stereocenters. The van der Waals surface area contributed by atoms with Gasteiger partial charge >= 0.3 is 0 Å². The molecule has 0 unspecified atom stereocenters. The van der Waals surface area contributed by atoms with Crippen LogP contribution in [0.4, 0.5) is 5.69 Å². The van der Waals surface area contributed by atoms with Gasteiger partial charge in [0, 0.05) is 17.7 Å². The van der Waals surface area contributed by atoms with Crippen molar-refractivity contribution in [2.24, 2.45) is 0 Å². The predicted octanol–water partition coefficient (Wildman–Crippen LogP) is 2.23. The first-order chi connectivity index (χ1) is 7.00. The molecule has 0 bridgehead atoms.